The molecule has 3 heterocycles. The van der Waals surface area contributed by atoms with Gasteiger partial charge >= 0.3 is 0 Å². The number of aryl methyl sites for hydroxylation is 2. The van der Waals surface area contributed by atoms with Crippen molar-refractivity contribution >= 4 is 29.1 Å². The summed E-state index contributed by atoms with van der Waals surface area (Å²) in [6.07, 6.45) is 9.59. The quantitative estimate of drug-likeness (QED) is 0.294. The first-order chi connectivity index (χ1) is 18.0. The Morgan fingerprint density at radius 3 is 2.59 bits per heavy atom. The number of amides is 1. The zero-order chi connectivity index (χ0) is 25.8. The summed E-state index contributed by atoms with van der Waals surface area (Å²) in [5.41, 5.74) is 5.68. The van der Waals surface area contributed by atoms with Crippen LogP contribution in [0.25, 0.3) is 0 Å². The van der Waals surface area contributed by atoms with Gasteiger partial charge in [0.1, 0.15) is 6.26 Å². The molecule has 1 atom stereocenters. The smallest absolute Gasteiger partial charge is 0.254 e. The first-order valence-electron chi connectivity index (χ1n) is 12.2. The number of nitrogens with zero attached hydrogens (tertiary/aromatic N) is 4. The van der Waals surface area contributed by atoms with Crippen molar-refractivity contribution in [1.82, 2.24) is 25.2 Å². The average Bonchev–Trinajstić information content (AvgIpc) is 3.32. The number of carbonyl (C=O) groups is 1. The number of rotatable bonds is 8. The molecule has 1 amide bonds. The number of carbonyl (C=O) groups excluding carboxylic acids is 1. The molecule has 0 fully saturated rings. The molecule has 9 heteroatoms. The first-order valence-corrected chi connectivity index (χ1v) is 13.0. The van der Waals surface area contributed by atoms with Crippen LogP contribution >= 0.6 is 23.2 Å². The Labute approximate surface area is 225 Å². The number of pyridine rings is 2. The third kappa shape index (κ3) is 6.01. The summed E-state index contributed by atoms with van der Waals surface area (Å²) in [6, 6.07) is 12.6. The fraction of sp³-hybridized carbons (Fsp3) is 0.286. The van der Waals surface area contributed by atoms with Gasteiger partial charge in [0.15, 0.2) is 0 Å². The standard InChI is InChI=1S/C28H27Cl2N5O2/c1-18-17-37-25(34-18)16-35(24-6-2-4-21-5-3-11-32-27(21)24)15-20-9-7-19(8-10-20)12-33-28(36)26-22(29)13-31-14-23(26)30/h3,5,7-11,13-14,17,24H,2,4,6,12,15-16H2,1H3,(H,33,36). The largest absolute Gasteiger partial charge is 0.447 e. The minimum absolute atomic E-state index is 0.186. The summed E-state index contributed by atoms with van der Waals surface area (Å²) in [6.45, 7) is 3.60. The maximum Gasteiger partial charge on any atom is 0.254 e. The third-order valence-electron chi connectivity index (χ3n) is 6.55. The lowest BCUT2D eigenvalue weighted by atomic mass is 9.90. The zero-order valence-electron chi connectivity index (χ0n) is 20.5. The molecule has 0 saturated heterocycles. The van der Waals surface area contributed by atoms with E-state index in [4.69, 9.17) is 32.6 Å². The van der Waals surface area contributed by atoms with E-state index < -0.39 is 0 Å². The van der Waals surface area contributed by atoms with Gasteiger partial charge < -0.3 is 9.73 Å². The number of halogens is 2. The Hall–Kier alpha value is -3.26. The number of hydrogen-bond donors (Lipinski definition) is 1. The Morgan fingerprint density at radius 1 is 1.11 bits per heavy atom. The van der Waals surface area contributed by atoms with E-state index in [9.17, 15) is 4.79 Å². The van der Waals surface area contributed by atoms with E-state index >= 15 is 0 Å². The lowest BCUT2D eigenvalue weighted by Gasteiger charge is -2.34. The minimum atomic E-state index is -0.336. The van der Waals surface area contributed by atoms with Crippen LogP contribution in [0.5, 0.6) is 0 Å². The monoisotopic (exact) mass is 535 g/mol. The van der Waals surface area contributed by atoms with Crippen LogP contribution in [-0.4, -0.2) is 25.8 Å². The number of fused-ring (bicyclic) bond motifs is 1. The molecule has 0 spiro atoms. The molecule has 0 bridgehead atoms. The number of nitrogens with one attached hydrogen (secondary N) is 1. The van der Waals surface area contributed by atoms with E-state index in [1.165, 1.54) is 18.0 Å². The third-order valence-corrected chi connectivity index (χ3v) is 7.13. The van der Waals surface area contributed by atoms with E-state index in [2.05, 4.69) is 38.4 Å². The van der Waals surface area contributed by atoms with Crippen LogP contribution in [0.3, 0.4) is 0 Å². The van der Waals surface area contributed by atoms with Gasteiger partial charge in [-0.15, -0.1) is 0 Å². The fourth-order valence-electron chi connectivity index (χ4n) is 4.76. The van der Waals surface area contributed by atoms with Crippen LogP contribution in [0, 0.1) is 6.92 Å². The average molecular weight is 536 g/mol. The minimum Gasteiger partial charge on any atom is -0.447 e. The molecule has 1 N–H and O–H groups in total. The van der Waals surface area contributed by atoms with Gasteiger partial charge in [-0.1, -0.05) is 53.5 Å². The van der Waals surface area contributed by atoms with Gasteiger partial charge in [0, 0.05) is 31.7 Å². The molecule has 1 aromatic carbocycles. The van der Waals surface area contributed by atoms with Crippen molar-refractivity contribution in [2.45, 2.75) is 51.9 Å². The molecule has 0 aliphatic heterocycles. The fourth-order valence-corrected chi connectivity index (χ4v) is 5.30. The van der Waals surface area contributed by atoms with Crippen molar-refractivity contribution in [3.8, 4) is 0 Å². The predicted octanol–water partition coefficient (Wildman–Crippen LogP) is 6.09. The van der Waals surface area contributed by atoms with Crippen molar-refractivity contribution in [3.63, 3.8) is 0 Å². The highest BCUT2D eigenvalue weighted by atomic mass is 35.5. The topological polar surface area (TPSA) is 84.2 Å². The van der Waals surface area contributed by atoms with Gasteiger partial charge in [-0.25, -0.2) is 4.98 Å². The van der Waals surface area contributed by atoms with Crippen LogP contribution in [0.2, 0.25) is 10.0 Å². The van der Waals surface area contributed by atoms with Crippen LogP contribution in [0.4, 0.5) is 0 Å². The van der Waals surface area contributed by atoms with E-state index in [1.807, 2.05) is 31.3 Å². The van der Waals surface area contributed by atoms with Gasteiger partial charge in [0.2, 0.25) is 5.89 Å². The molecule has 7 nitrogen and oxygen atoms in total. The normalized spacial score (nSPS) is 15.0. The maximum absolute atomic E-state index is 12.6. The highest BCUT2D eigenvalue weighted by molar-refractivity contribution is 6.39. The molecule has 0 radical (unpaired) electrons. The molecule has 1 aliphatic rings. The summed E-state index contributed by atoms with van der Waals surface area (Å²) < 4.78 is 5.70. The van der Waals surface area contributed by atoms with E-state index in [-0.39, 0.29) is 27.6 Å². The molecule has 5 rings (SSSR count). The van der Waals surface area contributed by atoms with Crippen LogP contribution in [-0.2, 0) is 26.1 Å². The van der Waals surface area contributed by atoms with E-state index in [0.29, 0.717) is 19.0 Å². The van der Waals surface area contributed by atoms with Crippen LogP contribution in [0.15, 0.2) is 65.7 Å². The Morgan fingerprint density at radius 2 is 1.86 bits per heavy atom. The second kappa shape index (κ2) is 11.4. The van der Waals surface area contributed by atoms with Crippen molar-refractivity contribution < 1.29 is 9.21 Å². The van der Waals surface area contributed by atoms with Gasteiger partial charge in [-0.3, -0.25) is 19.7 Å². The van der Waals surface area contributed by atoms with Gasteiger partial charge in [-0.2, -0.15) is 0 Å². The van der Waals surface area contributed by atoms with Crippen LogP contribution < -0.4 is 5.32 Å². The summed E-state index contributed by atoms with van der Waals surface area (Å²) in [7, 11) is 0. The predicted molar refractivity (Wildman–Crippen MR) is 142 cm³/mol. The molecule has 4 aromatic rings. The number of hydrogen-bond acceptors (Lipinski definition) is 6. The molecular formula is C28H27Cl2N5O2. The zero-order valence-corrected chi connectivity index (χ0v) is 22.0. The second-order valence-corrected chi connectivity index (χ2v) is 10.0. The van der Waals surface area contributed by atoms with Crippen LogP contribution in [0.1, 0.15) is 63.2 Å². The molecule has 1 aliphatic carbocycles. The van der Waals surface area contributed by atoms with Crippen molar-refractivity contribution in [2.75, 3.05) is 0 Å². The SMILES string of the molecule is Cc1coc(CN(Cc2ccc(CNC(=O)c3c(Cl)cncc3Cl)cc2)C2CCCc3cccnc32)n1. The molecule has 190 valence electrons. The summed E-state index contributed by atoms with van der Waals surface area (Å²) in [5.74, 6) is 0.366. The summed E-state index contributed by atoms with van der Waals surface area (Å²) in [5, 5.41) is 3.33. The Kier molecular flexibility index (Phi) is 7.84. The van der Waals surface area contributed by atoms with Crippen molar-refractivity contribution in [1.29, 1.82) is 0 Å². The van der Waals surface area contributed by atoms with Gasteiger partial charge in [0.05, 0.1) is 39.6 Å². The summed E-state index contributed by atoms with van der Waals surface area (Å²) >= 11 is 12.2. The molecule has 0 saturated carbocycles. The Balaban J connectivity index is 1.30. The summed E-state index contributed by atoms with van der Waals surface area (Å²) in [4.78, 5) is 28.2. The van der Waals surface area contributed by atoms with Gasteiger partial charge in [0.25, 0.3) is 5.91 Å². The van der Waals surface area contributed by atoms with Crippen molar-refractivity contribution in [3.05, 3.63) is 111 Å². The highest BCUT2D eigenvalue weighted by Gasteiger charge is 2.28. The van der Waals surface area contributed by atoms with E-state index in [1.54, 1.807) is 6.26 Å². The lowest BCUT2D eigenvalue weighted by molar-refractivity contribution is 0.0951. The first kappa shape index (κ1) is 25.4. The molecule has 1 unspecified atom stereocenters. The van der Waals surface area contributed by atoms with E-state index in [0.717, 1.165) is 48.3 Å². The number of oxazole rings is 1. The maximum atomic E-state index is 12.6. The molecular weight excluding hydrogens is 509 g/mol. The number of aromatic nitrogens is 3. The highest BCUT2D eigenvalue weighted by Crippen LogP contribution is 2.34. The Bertz CT molecular complexity index is 1370. The van der Waals surface area contributed by atoms with Gasteiger partial charge in [-0.05, 0) is 48.9 Å². The molecule has 37 heavy (non-hydrogen) atoms. The number of benzene rings is 1. The van der Waals surface area contributed by atoms with Crippen molar-refractivity contribution in [2.24, 2.45) is 0 Å². The lowest BCUT2D eigenvalue weighted by Crippen LogP contribution is -2.31. The second-order valence-electron chi connectivity index (χ2n) is 9.22. The molecule has 3 aromatic heterocycles.